The van der Waals surface area contributed by atoms with Crippen LogP contribution in [0.2, 0.25) is 10.0 Å². The number of nitrogens with zero attached hydrogens (tertiary/aromatic N) is 1. The first-order valence-corrected chi connectivity index (χ1v) is 9.30. The Balaban J connectivity index is 2.37. The topological polar surface area (TPSA) is 59.4 Å². The number of carbonyl (C=O) groups is 1. The van der Waals surface area contributed by atoms with Gasteiger partial charge in [0.1, 0.15) is 0 Å². The molecule has 6 heteroatoms. The van der Waals surface area contributed by atoms with E-state index < -0.39 is 6.16 Å². The van der Waals surface area contributed by atoms with Crippen LogP contribution in [0.4, 0.5) is 4.79 Å². The van der Waals surface area contributed by atoms with Crippen LogP contribution in [0.3, 0.4) is 0 Å². The number of hydrogen-bond acceptors (Lipinski definition) is 3. The Morgan fingerprint density at radius 2 is 1.93 bits per heavy atom. The summed E-state index contributed by atoms with van der Waals surface area (Å²) in [6.07, 6.45) is -0.974. The van der Waals surface area contributed by atoms with Crippen LogP contribution < -0.4 is 4.74 Å². The van der Waals surface area contributed by atoms with Crippen LogP contribution in [0.1, 0.15) is 42.1 Å². The van der Waals surface area contributed by atoms with Gasteiger partial charge < -0.3 is 9.84 Å². The Labute approximate surface area is 167 Å². The van der Waals surface area contributed by atoms with Crippen molar-refractivity contribution >= 4 is 40.3 Å². The number of aryl methyl sites for hydroxylation is 1. The quantitative estimate of drug-likeness (QED) is 0.497. The number of benzene rings is 2. The zero-order valence-corrected chi connectivity index (χ0v) is 16.7. The van der Waals surface area contributed by atoms with Gasteiger partial charge in [0, 0.05) is 27.4 Å². The third kappa shape index (κ3) is 4.02. The van der Waals surface area contributed by atoms with Gasteiger partial charge in [0.05, 0.1) is 11.2 Å². The van der Waals surface area contributed by atoms with Crippen molar-refractivity contribution in [1.29, 1.82) is 0 Å². The molecule has 0 amide bonds. The highest BCUT2D eigenvalue weighted by Gasteiger charge is 2.23. The Hall–Kier alpha value is -2.30. The van der Waals surface area contributed by atoms with Gasteiger partial charge in [-0.3, -0.25) is 0 Å². The van der Waals surface area contributed by atoms with Crippen molar-refractivity contribution < 1.29 is 14.6 Å². The van der Waals surface area contributed by atoms with Crippen LogP contribution in [-0.2, 0) is 6.42 Å². The zero-order valence-electron chi connectivity index (χ0n) is 15.2. The molecule has 0 spiro atoms. The highest BCUT2D eigenvalue weighted by Crippen LogP contribution is 2.38. The Bertz CT molecular complexity index is 1030. The zero-order chi connectivity index (χ0) is 19.7. The van der Waals surface area contributed by atoms with Crippen molar-refractivity contribution in [2.24, 2.45) is 0 Å². The molecular weight excluding hydrogens is 385 g/mol. The lowest BCUT2D eigenvalue weighted by Crippen LogP contribution is -2.11. The summed E-state index contributed by atoms with van der Waals surface area (Å²) in [5, 5.41) is 11.2. The van der Waals surface area contributed by atoms with Crippen molar-refractivity contribution in [3.63, 3.8) is 0 Å². The van der Waals surface area contributed by atoms with E-state index in [4.69, 9.17) is 32.9 Å². The summed E-state index contributed by atoms with van der Waals surface area (Å²) in [7, 11) is 0. The van der Waals surface area contributed by atoms with Gasteiger partial charge in [-0.2, -0.15) is 0 Å². The van der Waals surface area contributed by atoms with Crippen molar-refractivity contribution in [3.05, 3.63) is 68.8 Å². The molecule has 0 fully saturated rings. The molecule has 0 saturated heterocycles. The van der Waals surface area contributed by atoms with Gasteiger partial charge in [-0.05, 0) is 42.2 Å². The highest BCUT2D eigenvalue weighted by atomic mass is 35.5. The molecular formula is C21H19Cl2NO3. The summed E-state index contributed by atoms with van der Waals surface area (Å²) in [6.45, 7) is 5.84. The normalized spacial score (nSPS) is 11.2. The molecule has 0 saturated carbocycles. The van der Waals surface area contributed by atoms with E-state index in [2.05, 4.69) is 0 Å². The van der Waals surface area contributed by atoms with Crippen LogP contribution in [0.25, 0.3) is 10.9 Å². The molecule has 0 aliphatic heterocycles. The molecule has 0 aliphatic rings. The van der Waals surface area contributed by atoms with Gasteiger partial charge >= 0.3 is 6.16 Å². The first kappa shape index (κ1) is 19.5. The molecule has 1 heterocycles. The van der Waals surface area contributed by atoms with E-state index in [1.807, 2.05) is 45.0 Å². The molecule has 0 bridgehead atoms. The molecule has 1 aromatic heterocycles. The van der Waals surface area contributed by atoms with Gasteiger partial charge in [-0.1, -0.05) is 55.2 Å². The lowest BCUT2D eigenvalue weighted by molar-refractivity contribution is 0.143. The number of rotatable bonds is 4. The maximum Gasteiger partial charge on any atom is 0.511 e. The van der Waals surface area contributed by atoms with Crippen LogP contribution in [0, 0.1) is 6.92 Å². The first-order chi connectivity index (χ1) is 12.8. The van der Waals surface area contributed by atoms with Crippen molar-refractivity contribution in [2.45, 2.75) is 33.1 Å². The molecule has 0 aliphatic carbocycles. The van der Waals surface area contributed by atoms with E-state index in [-0.39, 0.29) is 11.7 Å². The average molecular weight is 404 g/mol. The first-order valence-electron chi connectivity index (χ1n) is 8.54. The monoisotopic (exact) mass is 403 g/mol. The summed E-state index contributed by atoms with van der Waals surface area (Å²) in [5.74, 6) is 0.232. The number of carboxylic acid groups (broad SMARTS) is 1. The SMILES string of the molecule is Cc1cc(Cl)cc2c(Cc3ccccc3Cl)c(OC(=O)O)c(C(C)C)nc12. The van der Waals surface area contributed by atoms with Crippen LogP contribution in [-0.4, -0.2) is 16.2 Å². The molecule has 1 N–H and O–H groups in total. The lowest BCUT2D eigenvalue weighted by atomic mass is 9.95. The molecule has 140 valence electrons. The second-order valence-corrected chi connectivity index (χ2v) is 7.56. The fourth-order valence-corrected chi connectivity index (χ4v) is 3.64. The maximum absolute atomic E-state index is 11.4. The number of fused-ring (bicyclic) bond motifs is 1. The van der Waals surface area contributed by atoms with E-state index in [1.165, 1.54) is 0 Å². The van der Waals surface area contributed by atoms with Gasteiger partial charge in [0.15, 0.2) is 5.75 Å². The highest BCUT2D eigenvalue weighted by molar-refractivity contribution is 6.32. The molecule has 0 radical (unpaired) electrons. The number of aromatic nitrogens is 1. The smallest absolute Gasteiger partial charge is 0.449 e. The maximum atomic E-state index is 11.4. The second kappa shape index (κ2) is 7.75. The van der Waals surface area contributed by atoms with Gasteiger partial charge in [-0.15, -0.1) is 0 Å². The Kier molecular flexibility index (Phi) is 5.59. The molecule has 3 rings (SSSR count). The van der Waals surface area contributed by atoms with E-state index >= 15 is 0 Å². The van der Waals surface area contributed by atoms with Crippen LogP contribution >= 0.6 is 23.2 Å². The van der Waals surface area contributed by atoms with Crippen molar-refractivity contribution in [1.82, 2.24) is 4.98 Å². The summed E-state index contributed by atoms with van der Waals surface area (Å²) >= 11 is 12.6. The third-order valence-corrected chi connectivity index (χ3v) is 4.98. The van der Waals surface area contributed by atoms with Crippen molar-refractivity contribution in [3.8, 4) is 5.75 Å². The second-order valence-electron chi connectivity index (χ2n) is 6.71. The predicted molar refractivity (Wildman–Crippen MR) is 108 cm³/mol. The minimum atomic E-state index is -1.38. The minimum Gasteiger partial charge on any atom is -0.449 e. The van der Waals surface area contributed by atoms with E-state index in [0.717, 1.165) is 22.0 Å². The predicted octanol–water partition coefficient (Wildman–Crippen LogP) is 6.62. The van der Waals surface area contributed by atoms with Gasteiger partial charge in [0.2, 0.25) is 0 Å². The summed E-state index contributed by atoms with van der Waals surface area (Å²) in [5.41, 5.74) is 3.88. The Morgan fingerprint density at radius 1 is 1.22 bits per heavy atom. The molecule has 27 heavy (non-hydrogen) atoms. The number of halogens is 2. The van der Waals surface area contributed by atoms with Crippen LogP contribution in [0.5, 0.6) is 5.75 Å². The molecule has 3 aromatic rings. The summed E-state index contributed by atoms with van der Waals surface area (Å²) in [4.78, 5) is 16.1. The number of hydrogen-bond donors (Lipinski definition) is 1. The average Bonchev–Trinajstić information content (AvgIpc) is 2.57. The molecule has 2 aromatic carbocycles. The van der Waals surface area contributed by atoms with E-state index in [1.54, 1.807) is 12.1 Å². The van der Waals surface area contributed by atoms with E-state index in [0.29, 0.717) is 27.7 Å². The lowest BCUT2D eigenvalue weighted by Gasteiger charge is -2.19. The number of ether oxygens (including phenoxy) is 1. The molecule has 4 nitrogen and oxygen atoms in total. The third-order valence-electron chi connectivity index (χ3n) is 4.39. The summed E-state index contributed by atoms with van der Waals surface area (Å²) < 4.78 is 5.21. The Morgan fingerprint density at radius 3 is 2.56 bits per heavy atom. The largest absolute Gasteiger partial charge is 0.511 e. The fourth-order valence-electron chi connectivity index (χ4n) is 3.16. The number of pyridine rings is 1. The van der Waals surface area contributed by atoms with Gasteiger partial charge in [-0.25, -0.2) is 9.78 Å². The van der Waals surface area contributed by atoms with Gasteiger partial charge in [0.25, 0.3) is 0 Å². The fraction of sp³-hybridized carbons (Fsp3) is 0.238. The molecule has 0 atom stereocenters. The minimum absolute atomic E-state index is 0.0242. The summed E-state index contributed by atoms with van der Waals surface area (Å²) in [6, 6.07) is 11.1. The van der Waals surface area contributed by atoms with Crippen molar-refractivity contribution in [2.75, 3.05) is 0 Å². The standard InChI is InChI=1S/C21H19Cl2NO3/c1-11(2)18-20(27-21(25)26)16(9-13-6-4-5-7-17(13)23)15-10-14(22)8-12(3)19(15)24-18/h4-8,10-11H,9H2,1-3H3,(H,25,26). The van der Waals surface area contributed by atoms with E-state index in [9.17, 15) is 9.90 Å². The molecule has 0 unspecified atom stereocenters. The van der Waals surface area contributed by atoms with Crippen LogP contribution in [0.15, 0.2) is 36.4 Å².